The fourth-order valence-electron chi connectivity index (χ4n) is 1.53. The normalized spacial score (nSPS) is 10.2. The number of hydrogen-bond acceptors (Lipinski definition) is 3. The topological polar surface area (TPSA) is 39.4 Å². The van der Waals surface area contributed by atoms with Crippen molar-refractivity contribution in [2.45, 2.75) is 13.3 Å². The minimum Gasteiger partial charge on any atom is -0.493 e. The highest BCUT2D eigenvalue weighted by Crippen LogP contribution is 2.21. The van der Waals surface area contributed by atoms with Crippen molar-refractivity contribution in [1.82, 2.24) is 0 Å². The summed E-state index contributed by atoms with van der Waals surface area (Å²) in [6, 6.07) is 10.6. The van der Waals surface area contributed by atoms with Crippen molar-refractivity contribution in [2.24, 2.45) is 0 Å². The van der Waals surface area contributed by atoms with Gasteiger partial charge in [-0.1, -0.05) is 19.1 Å². The summed E-state index contributed by atoms with van der Waals surface area (Å²) < 4.78 is 10.6. The highest BCUT2D eigenvalue weighted by atomic mass is 16.5. The van der Waals surface area contributed by atoms with Crippen LogP contribution in [0.1, 0.15) is 29.5 Å². The van der Waals surface area contributed by atoms with Crippen molar-refractivity contribution in [1.29, 1.82) is 0 Å². The molecule has 3 nitrogen and oxygen atoms in total. The molecule has 0 bridgehead atoms. The van der Waals surface area contributed by atoms with Crippen LogP contribution < -0.4 is 4.74 Å². The maximum absolute atomic E-state index is 12.1. The van der Waals surface area contributed by atoms with Crippen molar-refractivity contribution in [3.05, 3.63) is 54.0 Å². The van der Waals surface area contributed by atoms with Crippen LogP contribution >= 0.6 is 0 Å². The Morgan fingerprint density at radius 3 is 2.76 bits per heavy atom. The number of ether oxygens (including phenoxy) is 1. The minimum atomic E-state index is -0.151. The number of carbonyl (C=O) groups excluding carboxylic acids is 1. The molecule has 0 aliphatic heterocycles. The van der Waals surface area contributed by atoms with Crippen LogP contribution in [0.2, 0.25) is 0 Å². The van der Waals surface area contributed by atoms with Crippen molar-refractivity contribution < 1.29 is 13.9 Å². The molecule has 3 heteroatoms. The summed E-state index contributed by atoms with van der Waals surface area (Å²) in [6.07, 6.45) is 2.39. The van der Waals surface area contributed by atoms with E-state index in [1.807, 2.05) is 19.1 Å². The number of hydrogen-bond donors (Lipinski definition) is 0. The molecule has 0 radical (unpaired) electrons. The van der Waals surface area contributed by atoms with Crippen LogP contribution in [0.3, 0.4) is 0 Å². The van der Waals surface area contributed by atoms with Gasteiger partial charge in [0.2, 0.25) is 5.78 Å². The predicted molar refractivity (Wildman–Crippen MR) is 64.4 cm³/mol. The summed E-state index contributed by atoms with van der Waals surface area (Å²) >= 11 is 0. The molecule has 2 rings (SSSR count). The third-order valence-electron chi connectivity index (χ3n) is 2.34. The van der Waals surface area contributed by atoms with Gasteiger partial charge in [-0.05, 0) is 30.7 Å². The molecule has 0 atom stereocenters. The van der Waals surface area contributed by atoms with Gasteiger partial charge in [0.15, 0.2) is 5.76 Å². The van der Waals surface area contributed by atoms with Gasteiger partial charge >= 0.3 is 0 Å². The molecule has 1 aromatic heterocycles. The zero-order valence-corrected chi connectivity index (χ0v) is 9.68. The van der Waals surface area contributed by atoms with Crippen LogP contribution in [-0.2, 0) is 0 Å². The lowest BCUT2D eigenvalue weighted by atomic mass is 10.1. The lowest BCUT2D eigenvalue weighted by molar-refractivity contribution is 0.100. The Hall–Kier alpha value is -2.03. The van der Waals surface area contributed by atoms with Gasteiger partial charge in [0.25, 0.3) is 0 Å². The molecule has 0 aliphatic rings. The maximum Gasteiger partial charge on any atom is 0.231 e. The van der Waals surface area contributed by atoms with Crippen LogP contribution in [-0.4, -0.2) is 12.4 Å². The van der Waals surface area contributed by atoms with E-state index < -0.39 is 0 Å². The maximum atomic E-state index is 12.1. The highest BCUT2D eigenvalue weighted by Gasteiger charge is 2.16. The van der Waals surface area contributed by atoms with Crippen LogP contribution in [0.4, 0.5) is 0 Å². The third-order valence-corrected chi connectivity index (χ3v) is 2.34. The molecular formula is C14H14O3. The van der Waals surface area contributed by atoms with Crippen LogP contribution in [0.5, 0.6) is 5.75 Å². The molecular weight excluding hydrogens is 216 g/mol. The standard InChI is InChI=1S/C14H14O3/c1-2-9-16-12-7-4-3-6-11(12)14(15)13-8-5-10-17-13/h3-8,10H,2,9H2,1H3. The molecule has 0 aliphatic carbocycles. The Bertz CT molecular complexity index is 486. The SMILES string of the molecule is CCCOc1ccccc1C(=O)c1ccco1. The Kier molecular flexibility index (Phi) is 3.60. The van der Waals surface area contributed by atoms with E-state index in [2.05, 4.69) is 0 Å². The third kappa shape index (κ3) is 2.56. The van der Waals surface area contributed by atoms with Crippen LogP contribution in [0.25, 0.3) is 0 Å². The van der Waals surface area contributed by atoms with Gasteiger partial charge in [-0.3, -0.25) is 4.79 Å². The zero-order chi connectivity index (χ0) is 12.1. The van der Waals surface area contributed by atoms with E-state index in [1.54, 1.807) is 24.3 Å². The quantitative estimate of drug-likeness (QED) is 0.740. The molecule has 0 amide bonds. The number of furan rings is 1. The molecule has 1 heterocycles. The smallest absolute Gasteiger partial charge is 0.231 e. The van der Waals surface area contributed by atoms with E-state index in [9.17, 15) is 4.79 Å². The lowest BCUT2D eigenvalue weighted by Crippen LogP contribution is -2.05. The van der Waals surface area contributed by atoms with E-state index in [4.69, 9.17) is 9.15 Å². The number of ketones is 1. The molecule has 1 aromatic carbocycles. The van der Waals surface area contributed by atoms with E-state index in [0.717, 1.165) is 6.42 Å². The van der Waals surface area contributed by atoms with Gasteiger partial charge in [-0.2, -0.15) is 0 Å². The summed E-state index contributed by atoms with van der Waals surface area (Å²) in [5, 5.41) is 0. The number of benzene rings is 1. The molecule has 0 unspecified atom stereocenters. The highest BCUT2D eigenvalue weighted by molar-refractivity contribution is 6.08. The molecule has 0 saturated heterocycles. The van der Waals surface area contributed by atoms with Gasteiger partial charge in [0.05, 0.1) is 18.4 Å². The molecule has 17 heavy (non-hydrogen) atoms. The van der Waals surface area contributed by atoms with Gasteiger partial charge < -0.3 is 9.15 Å². The first-order valence-corrected chi connectivity index (χ1v) is 5.63. The summed E-state index contributed by atoms with van der Waals surface area (Å²) in [7, 11) is 0. The average Bonchev–Trinajstić information content (AvgIpc) is 2.89. The second-order valence-corrected chi connectivity index (χ2v) is 3.65. The lowest BCUT2D eigenvalue weighted by Gasteiger charge is -2.08. The Morgan fingerprint density at radius 2 is 2.06 bits per heavy atom. The fraction of sp³-hybridized carbons (Fsp3) is 0.214. The van der Waals surface area contributed by atoms with E-state index >= 15 is 0 Å². The summed E-state index contributed by atoms with van der Waals surface area (Å²) in [5.41, 5.74) is 0.538. The van der Waals surface area contributed by atoms with Crippen molar-refractivity contribution in [2.75, 3.05) is 6.61 Å². The monoisotopic (exact) mass is 230 g/mol. The molecule has 88 valence electrons. The molecule has 2 aromatic rings. The summed E-state index contributed by atoms with van der Waals surface area (Å²) in [6.45, 7) is 2.62. The predicted octanol–water partition coefficient (Wildman–Crippen LogP) is 3.30. The van der Waals surface area contributed by atoms with Crippen LogP contribution in [0.15, 0.2) is 47.1 Å². The first-order valence-electron chi connectivity index (χ1n) is 5.63. The van der Waals surface area contributed by atoms with Crippen molar-refractivity contribution in [3.8, 4) is 5.75 Å². The number of para-hydroxylation sites is 1. The molecule has 0 saturated carbocycles. The first kappa shape index (κ1) is 11.5. The van der Waals surface area contributed by atoms with Gasteiger partial charge in [0.1, 0.15) is 5.75 Å². The Balaban J connectivity index is 2.28. The summed E-state index contributed by atoms with van der Waals surface area (Å²) in [5.74, 6) is 0.787. The molecule has 0 fully saturated rings. The van der Waals surface area contributed by atoms with E-state index in [0.29, 0.717) is 23.7 Å². The molecule has 0 spiro atoms. The summed E-state index contributed by atoms with van der Waals surface area (Å²) in [4.78, 5) is 12.1. The Labute approximate surface area is 100 Å². The molecule has 0 N–H and O–H groups in total. The van der Waals surface area contributed by atoms with Gasteiger partial charge in [-0.15, -0.1) is 0 Å². The largest absolute Gasteiger partial charge is 0.493 e. The zero-order valence-electron chi connectivity index (χ0n) is 9.68. The second kappa shape index (κ2) is 5.34. The van der Waals surface area contributed by atoms with Gasteiger partial charge in [-0.25, -0.2) is 0 Å². The first-order chi connectivity index (χ1) is 8.33. The van der Waals surface area contributed by atoms with Gasteiger partial charge in [0, 0.05) is 0 Å². The number of rotatable bonds is 5. The van der Waals surface area contributed by atoms with E-state index in [-0.39, 0.29) is 5.78 Å². The Morgan fingerprint density at radius 1 is 1.24 bits per heavy atom. The van der Waals surface area contributed by atoms with Crippen LogP contribution in [0, 0.1) is 0 Å². The van der Waals surface area contributed by atoms with Crippen molar-refractivity contribution in [3.63, 3.8) is 0 Å². The fourth-order valence-corrected chi connectivity index (χ4v) is 1.53. The number of carbonyl (C=O) groups is 1. The second-order valence-electron chi connectivity index (χ2n) is 3.65. The van der Waals surface area contributed by atoms with E-state index in [1.165, 1.54) is 6.26 Å². The average molecular weight is 230 g/mol. The minimum absolute atomic E-state index is 0.151. The van der Waals surface area contributed by atoms with Crippen molar-refractivity contribution >= 4 is 5.78 Å².